The van der Waals surface area contributed by atoms with Crippen LogP contribution in [0.3, 0.4) is 0 Å². The SMILES string of the molecule is COc1ccc(NC(=O)O[C@H](c2ccc(OCCO[Si](CCC(F)(F)C(F)(F)C(F)(F)C(F)(F)C(F)(F)C(F)(F)C(F)(F)C(F)(F)F)(C(C)C)C(C)C)cc2)[C@@H](C)/C=C/C=C/C(=O)NO)cc1. The van der Waals surface area contributed by atoms with Crippen molar-refractivity contribution in [2.45, 2.75) is 112 Å². The summed E-state index contributed by atoms with van der Waals surface area (Å²) < 4.78 is 258. The maximum absolute atomic E-state index is 15.0. The zero-order valence-corrected chi connectivity index (χ0v) is 36.9. The Morgan fingerprint density at radius 2 is 1.13 bits per heavy atom. The predicted molar refractivity (Wildman–Crippen MR) is 207 cm³/mol. The number of methoxy groups -OCH3 is 1. The standard InChI is InChI=1S/C40H45F17N2O7Si/c1-23(2)67(24(3)4,22-19-33(41,42)34(43,44)35(45,46)36(47,48)37(49,50)38(51,52)39(53,54)40(55,56)57)65-21-20-64-29-15-11-26(12-16-29)31(25(5)9-7-8-10-30(60)59-62)66-32(61)58-27-13-17-28(63-6)18-14-27/h7-18,23-25,31,62H,19-22H2,1-6H3,(H,58,61)(H,59,60)/b9-7+,10-8+/t25-,31-/m0/s1. The molecular formula is C40H45F17N2O7Si. The molecule has 0 fully saturated rings. The second kappa shape index (κ2) is 21.7. The second-order valence-electron chi connectivity index (χ2n) is 15.4. The first kappa shape index (κ1) is 58.3. The van der Waals surface area contributed by atoms with E-state index in [9.17, 15) is 75.4 Å². The molecule has 0 saturated carbocycles. The number of nitrogens with one attached hydrogen (secondary N) is 2. The van der Waals surface area contributed by atoms with Crippen molar-refractivity contribution in [1.29, 1.82) is 0 Å². The fraction of sp³-hybridized carbons (Fsp3) is 0.550. The number of ether oxygens (including phenoxy) is 3. The molecule has 0 aromatic heterocycles. The third-order valence-electron chi connectivity index (χ3n) is 10.4. The lowest BCUT2D eigenvalue weighted by atomic mass is 9.88. The molecule has 0 heterocycles. The number of benzene rings is 2. The summed E-state index contributed by atoms with van der Waals surface area (Å²) in [6.45, 7) is 5.89. The number of amides is 2. The van der Waals surface area contributed by atoms with Crippen LogP contribution < -0.4 is 20.3 Å². The van der Waals surface area contributed by atoms with Crippen molar-refractivity contribution in [3.8, 4) is 11.5 Å². The van der Waals surface area contributed by atoms with Crippen molar-refractivity contribution in [3.05, 3.63) is 78.4 Å². The molecule has 0 aliphatic rings. The summed E-state index contributed by atoms with van der Waals surface area (Å²) in [6, 6.07) is 10.5. The number of allylic oxidation sites excluding steroid dienone is 2. The molecule has 3 N–H and O–H groups in total. The van der Waals surface area contributed by atoms with Gasteiger partial charge in [-0.3, -0.25) is 15.3 Å². The number of carbonyl (C=O) groups is 2. The summed E-state index contributed by atoms with van der Waals surface area (Å²) in [6.07, 6.45) is -7.07. The molecule has 27 heteroatoms. The highest BCUT2D eigenvalue weighted by atomic mass is 28.4. The minimum Gasteiger partial charge on any atom is -0.497 e. The fourth-order valence-corrected chi connectivity index (χ4v) is 10.9. The van der Waals surface area contributed by atoms with Crippen LogP contribution in [-0.4, -0.2) is 93.5 Å². The van der Waals surface area contributed by atoms with E-state index in [1.807, 2.05) is 0 Å². The zero-order valence-electron chi connectivity index (χ0n) is 35.9. The van der Waals surface area contributed by atoms with E-state index in [1.165, 1.54) is 88.8 Å². The van der Waals surface area contributed by atoms with E-state index in [1.54, 1.807) is 25.1 Å². The van der Waals surface area contributed by atoms with Gasteiger partial charge in [0, 0.05) is 24.1 Å². The van der Waals surface area contributed by atoms with Gasteiger partial charge in [-0.1, -0.05) is 65.0 Å². The van der Waals surface area contributed by atoms with Gasteiger partial charge in [0.1, 0.15) is 24.2 Å². The molecule has 0 aliphatic heterocycles. The van der Waals surface area contributed by atoms with Crippen LogP contribution in [0.15, 0.2) is 72.8 Å². The molecule has 2 aromatic rings. The molecule has 0 unspecified atom stereocenters. The largest absolute Gasteiger partial charge is 0.497 e. The lowest BCUT2D eigenvalue weighted by molar-refractivity contribution is -0.461. The first-order chi connectivity index (χ1) is 30.5. The fourth-order valence-electron chi connectivity index (χ4n) is 6.44. The van der Waals surface area contributed by atoms with E-state index in [-0.39, 0.29) is 5.75 Å². The van der Waals surface area contributed by atoms with Crippen LogP contribution in [-0.2, 0) is 14.0 Å². The topological polar surface area (TPSA) is 115 Å². The van der Waals surface area contributed by atoms with Crippen LogP contribution in [0, 0.1) is 5.92 Å². The Morgan fingerprint density at radius 1 is 0.657 bits per heavy atom. The van der Waals surface area contributed by atoms with E-state index in [0.29, 0.717) is 17.0 Å². The number of rotatable bonds is 24. The predicted octanol–water partition coefficient (Wildman–Crippen LogP) is 12.8. The molecule has 0 spiro atoms. The van der Waals surface area contributed by atoms with Crippen LogP contribution in [0.2, 0.25) is 17.1 Å². The van der Waals surface area contributed by atoms with E-state index < -0.39 is 117 Å². The maximum atomic E-state index is 15.0. The monoisotopic (exact) mass is 1020 g/mol. The summed E-state index contributed by atoms with van der Waals surface area (Å²) in [5, 5.41) is 11.2. The van der Waals surface area contributed by atoms with Crippen LogP contribution in [0.5, 0.6) is 11.5 Å². The van der Waals surface area contributed by atoms with Crippen LogP contribution in [0.4, 0.5) is 85.1 Å². The molecule has 0 radical (unpaired) electrons. The third kappa shape index (κ3) is 12.3. The van der Waals surface area contributed by atoms with Gasteiger partial charge in [0.15, 0.2) is 8.32 Å². The Kier molecular flexibility index (Phi) is 18.9. The smallest absolute Gasteiger partial charge is 0.460 e. The molecule has 2 rings (SSSR count). The molecule has 0 bridgehead atoms. The quantitative estimate of drug-likeness (QED) is 0.0182. The van der Waals surface area contributed by atoms with E-state index in [4.69, 9.17) is 23.8 Å². The van der Waals surface area contributed by atoms with Crippen molar-refractivity contribution in [2.24, 2.45) is 5.92 Å². The normalized spacial score (nSPS) is 15.0. The number of anilines is 1. The molecule has 2 atom stereocenters. The van der Waals surface area contributed by atoms with E-state index in [0.717, 1.165) is 6.08 Å². The number of halogens is 17. The number of carbonyl (C=O) groups excluding carboxylic acids is 2. The summed E-state index contributed by atoms with van der Waals surface area (Å²) in [4.78, 5) is 24.2. The number of hydrogen-bond acceptors (Lipinski definition) is 7. The molecule has 67 heavy (non-hydrogen) atoms. The maximum Gasteiger partial charge on any atom is 0.460 e. The van der Waals surface area contributed by atoms with Gasteiger partial charge in [-0.2, -0.15) is 74.6 Å². The van der Waals surface area contributed by atoms with Gasteiger partial charge in [0.05, 0.1) is 13.7 Å². The molecule has 2 aromatic carbocycles. The van der Waals surface area contributed by atoms with Gasteiger partial charge in [-0.25, -0.2) is 10.3 Å². The first-order valence-corrected chi connectivity index (χ1v) is 21.7. The second-order valence-corrected chi connectivity index (χ2v) is 20.4. The summed E-state index contributed by atoms with van der Waals surface area (Å²) >= 11 is 0. The Morgan fingerprint density at radius 3 is 1.60 bits per heavy atom. The first-order valence-electron chi connectivity index (χ1n) is 19.4. The van der Waals surface area contributed by atoms with Crippen molar-refractivity contribution in [2.75, 3.05) is 25.6 Å². The summed E-state index contributed by atoms with van der Waals surface area (Å²) in [5.41, 5.74) is 0.322. The third-order valence-corrected chi connectivity index (χ3v) is 16.1. The van der Waals surface area contributed by atoms with Gasteiger partial charge < -0.3 is 18.6 Å². The van der Waals surface area contributed by atoms with Crippen molar-refractivity contribution in [3.63, 3.8) is 0 Å². The number of hydrogen-bond donors (Lipinski definition) is 3. The molecule has 2 amide bonds. The number of alkyl halides is 17. The van der Waals surface area contributed by atoms with Gasteiger partial charge in [-0.05, 0) is 59.1 Å². The van der Waals surface area contributed by atoms with E-state index >= 15 is 8.78 Å². The summed E-state index contributed by atoms with van der Waals surface area (Å²) in [7, 11) is -2.59. The number of hydroxylamine groups is 1. The van der Waals surface area contributed by atoms with Gasteiger partial charge >= 0.3 is 53.7 Å². The van der Waals surface area contributed by atoms with Gasteiger partial charge in [0.2, 0.25) is 0 Å². The van der Waals surface area contributed by atoms with Crippen molar-refractivity contribution in [1.82, 2.24) is 5.48 Å². The molecule has 380 valence electrons. The van der Waals surface area contributed by atoms with Gasteiger partial charge in [-0.15, -0.1) is 0 Å². The highest BCUT2D eigenvalue weighted by Crippen LogP contribution is 2.64. The molecular weight excluding hydrogens is 971 g/mol. The Bertz CT molecular complexity index is 1990. The summed E-state index contributed by atoms with van der Waals surface area (Å²) in [5.74, 6) is -57.7. The Hall–Kier alpha value is -4.79. The lowest BCUT2D eigenvalue weighted by Gasteiger charge is -2.44. The lowest BCUT2D eigenvalue weighted by Crippen LogP contribution is -2.74. The average Bonchev–Trinajstić information content (AvgIpc) is 3.23. The Labute approximate surface area is 372 Å². The van der Waals surface area contributed by atoms with E-state index in [2.05, 4.69) is 5.32 Å². The molecule has 9 nitrogen and oxygen atoms in total. The minimum absolute atomic E-state index is 0.0981. The Balaban J connectivity index is 2.30. The van der Waals surface area contributed by atoms with Crippen molar-refractivity contribution < 1.29 is 108 Å². The van der Waals surface area contributed by atoms with Crippen LogP contribution in [0.25, 0.3) is 0 Å². The minimum atomic E-state index is -8.71. The highest BCUT2D eigenvalue weighted by Gasteiger charge is 2.95. The highest BCUT2D eigenvalue weighted by molar-refractivity contribution is 6.76. The van der Waals surface area contributed by atoms with Crippen LogP contribution >= 0.6 is 0 Å². The average molecular weight is 1020 g/mol. The zero-order chi connectivity index (χ0) is 51.8. The molecule has 0 saturated heterocycles. The van der Waals surface area contributed by atoms with Crippen LogP contribution in [0.1, 0.15) is 52.7 Å². The van der Waals surface area contributed by atoms with Gasteiger partial charge in [0.25, 0.3) is 5.91 Å². The van der Waals surface area contributed by atoms with Crippen molar-refractivity contribution >= 4 is 26.0 Å². The molecule has 0 aliphatic carbocycles.